The third kappa shape index (κ3) is 1.49. The summed E-state index contributed by atoms with van der Waals surface area (Å²) in [5.41, 5.74) is 6.16. The number of aliphatic hydroxyl groups is 1. The van der Waals surface area contributed by atoms with Crippen molar-refractivity contribution in [1.29, 1.82) is 5.26 Å². The smallest absolute Gasteiger partial charge is 0.171 e. The average molecular weight is 221 g/mol. The van der Waals surface area contributed by atoms with Gasteiger partial charge in [-0.05, 0) is 12.8 Å². The van der Waals surface area contributed by atoms with E-state index < -0.39 is 0 Å². The molecule has 1 aromatic heterocycles. The number of aromatic nitrogens is 2. The van der Waals surface area contributed by atoms with E-state index in [9.17, 15) is 5.11 Å². The molecule has 0 spiro atoms. The van der Waals surface area contributed by atoms with Crippen molar-refractivity contribution < 1.29 is 5.11 Å². The number of nitrogens with two attached hydrogens (primary N) is 1. The van der Waals surface area contributed by atoms with Crippen LogP contribution in [0.25, 0.3) is 0 Å². The number of hydrogen-bond donors (Lipinski definition) is 2. The van der Waals surface area contributed by atoms with Gasteiger partial charge >= 0.3 is 0 Å². The lowest BCUT2D eigenvalue weighted by Crippen LogP contribution is -2.32. The van der Waals surface area contributed by atoms with Crippen LogP contribution in [0.15, 0.2) is 0 Å². The van der Waals surface area contributed by atoms with Crippen LogP contribution in [0.4, 0.5) is 11.6 Å². The molecule has 3 N–H and O–H groups in total. The zero-order valence-electron chi connectivity index (χ0n) is 9.22. The lowest BCUT2D eigenvalue weighted by Gasteiger charge is -2.22. The Morgan fingerprint density at radius 3 is 3.06 bits per heavy atom. The van der Waals surface area contributed by atoms with Gasteiger partial charge in [0.1, 0.15) is 17.5 Å². The molecule has 6 nitrogen and oxygen atoms in total. The second kappa shape index (κ2) is 4.02. The molecule has 0 amide bonds. The second-order valence-electron chi connectivity index (χ2n) is 3.99. The van der Waals surface area contributed by atoms with Gasteiger partial charge in [0.15, 0.2) is 5.82 Å². The molecular formula is C10H15N5O. The van der Waals surface area contributed by atoms with Crippen molar-refractivity contribution >= 4 is 11.6 Å². The SMILES string of the molecule is Cn1nc(N2CCCC2CO)c(C#N)c1N. The largest absolute Gasteiger partial charge is 0.394 e. The molecule has 0 aliphatic carbocycles. The van der Waals surface area contributed by atoms with Crippen LogP contribution in [0.3, 0.4) is 0 Å². The van der Waals surface area contributed by atoms with Gasteiger partial charge in [-0.25, -0.2) is 4.68 Å². The summed E-state index contributed by atoms with van der Waals surface area (Å²) in [6.45, 7) is 0.901. The Morgan fingerprint density at radius 1 is 1.69 bits per heavy atom. The van der Waals surface area contributed by atoms with Crippen molar-refractivity contribution in [3.63, 3.8) is 0 Å². The summed E-state index contributed by atoms with van der Waals surface area (Å²) in [6.07, 6.45) is 1.93. The van der Waals surface area contributed by atoms with Gasteiger partial charge in [-0.1, -0.05) is 0 Å². The first-order valence-corrected chi connectivity index (χ1v) is 5.29. The highest BCUT2D eigenvalue weighted by Crippen LogP contribution is 2.29. The first-order valence-electron chi connectivity index (χ1n) is 5.29. The summed E-state index contributed by atoms with van der Waals surface area (Å²) in [6, 6.07) is 2.13. The maximum Gasteiger partial charge on any atom is 0.171 e. The number of aliphatic hydroxyl groups excluding tert-OH is 1. The third-order valence-corrected chi connectivity index (χ3v) is 3.04. The summed E-state index contributed by atoms with van der Waals surface area (Å²) in [5.74, 6) is 0.972. The minimum atomic E-state index is 0.0569. The number of anilines is 2. The monoisotopic (exact) mass is 221 g/mol. The van der Waals surface area contributed by atoms with E-state index in [0.717, 1.165) is 19.4 Å². The minimum absolute atomic E-state index is 0.0569. The van der Waals surface area contributed by atoms with Crippen LogP contribution in [0.2, 0.25) is 0 Å². The molecule has 1 fully saturated rings. The predicted molar refractivity (Wildman–Crippen MR) is 59.8 cm³/mol. The van der Waals surface area contributed by atoms with Crippen LogP contribution in [0.1, 0.15) is 18.4 Å². The van der Waals surface area contributed by atoms with Crippen molar-refractivity contribution in [2.24, 2.45) is 7.05 Å². The van der Waals surface area contributed by atoms with Crippen LogP contribution < -0.4 is 10.6 Å². The molecule has 6 heteroatoms. The second-order valence-corrected chi connectivity index (χ2v) is 3.99. The molecular weight excluding hydrogens is 206 g/mol. The number of rotatable bonds is 2. The van der Waals surface area contributed by atoms with Gasteiger partial charge in [0, 0.05) is 13.6 Å². The number of nitrogens with zero attached hydrogens (tertiary/aromatic N) is 4. The summed E-state index contributed by atoms with van der Waals surface area (Å²) < 4.78 is 1.50. The zero-order valence-corrected chi connectivity index (χ0v) is 9.22. The molecule has 1 aliphatic rings. The molecule has 1 unspecified atom stereocenters. The lowest BCUT2D eigenvalue weighted by atomic mass is 10.2. The highest BCUT2D eigenvalue weighted by Gasteiger charge is 2.29. The van der Waals surface area contributed by atoms with E-state index in [-0.39, 0.29) is 12.6 Å². The molecule has 1 atom stereocenters. The van der Waals surface area contributed by atoms with Gasteiger partial charge in [-0.2, -0.15) is 10.4 Å². The molecule has 1 saturated heterocycles. The first-order chi connectivity index (χ1) is 7.69. The van der Waals surface area contributed by atoms with Crippen molar-refractivity contribution in [1.82, 2.24) is 9.78 Å². The Morgan fingerprint density at radius 2 is 2.44 bits per heavy atom. The van der Waals surface area contributed by atoms with E-state index in [2.05, 4.69) is 11.2 Å². The molecule has 0 aromatic carbocycles. The van der Waals surface area contributed by atoms with Gasteiger partial charge in [-0.15, -0.1) is 0 Å². The molecule has 0 bridgehead atoms. The molecule has 16 heavy (non-hydrogen) atoms. The Labute approximate surface area is 93.9 Å². The highest BCUT2D eigenvalue weighted by molar-refractivity contribution is 5.65. The quantitative estimate of drug-likeness (QED) is 0.723. The Balaban J connectivity index is 2.40. The Kier molecular flexibility index (Phi) is 2.71. The van der Waals surface area contributed by atoms with Crippen LogP contribution in [-0.4, -0.2) is 34.1 Å². The standard InChI is InChI=1S/C10H15N5O/c1-14-9(12)8(5-11)10(13-14)15-4-2-3-7(15)6-16/h7,16H,2-4,6,12H2,1H3. The third-order valence-electron chi connectivity index (χ3n) is 3.04. The average Bonchev–Trinajstić information content (AvgIpc) is 2.84. The molecule has 1 aromatic rings. The maximum atomic E-state index is 9.25. The van der Waals surface area contributed by atoms with Gasteiger partial charge in [0.25, 0.3) is 0 Å². The van der Waals surface area contributed by atoms with E-state index in [0.29, 0.717) is 17.2 Å². The van der Waals surface area contributed by atoms with Crippen LogP contribution >= 0.6 is 0 Å². The molecule has 0 radical (unpaired) electrons. The van der Waals surface area contributed by atoms with E-state index in [1.165, 1.54) is 4.68 Å². The number of aryl methyl sites for hydroxylation is 1. The summed E-state index contributed by atoms with van der Waals surface area (Å²) in [5, 5.41) is 22.6. The highest BCUT2D eigenvalue weighted by atomic mass is 16.3. The molecule has 86 valence electrons. The van der Waals surface area contributed by atoms with Crippen molar-refractivity contribution in [2.45, 2.75) is 18.9 Å². The fraction of sp³-hybridized carbons (Fsp3) is 0.600. The van der Waals surface area contributed by atoms with Crippen molar-refractivity contribution in [3.8, 4) is 6.07 Å². The molecule has 0 saturated carbocycles. The number of nitrogen functional groups attached to an aromatic ring is 1. The molecule has 1 aliphatic heterocycles. The predicted octanol–water partition coefficient (Wildman–Crippen LogP) is -0.165. The molecule has 2 heterocycles. The molecule has 2 rings (SSSR count). The van der Waals surface area contributed by atoms with Gasteiger partial charge in [0.05, 0.1) is 12.6 Å². The normalized spacial score (nSPS) is 20.1. The zero-order chi connectivity index (χ0) is 11.7. The minimum Gasteiger partial charge on any atom is -0.394 e. The van der Waals surface area contributed by atoms with E-state index in [1.54, 1.807) is 7.05 Å². The lowest BCUT2D eigenvalue weighted by molar-refractivity contribution is 0.266. The number of hydrogen-bond acceptors (Lipinski definition) is 5. The van der Waals surface area contributed by atoms with Gasteiger partial charge < -0.3 is 15.7 Å². The summed E-state index contributed by atoms with van der Waals surface area (Å²) in [7, 11) is 1.71. The summed E-state index contributed by atoms with van der Waals surface area (Å²) in [4.78, 5) is 1.97. The summed E-state index contributed by atoms with van der Waals surface area (Å²) >= 11 is 0. The van der Waals surface area contributed by atoms with Crippen molar-refractivity contribution in [2.75, 3.05) is 23.8 Å². The van der Waals surface area contributed by atoms with Crippen LogP contribution in [-0.2, 0) is 7.05 Å². The van der Waals surface area contributed by atoms with Gasteiger partial charge in [-0.3, -0.25) is 0 Å². The van der Waals surface area contributed by atoms with E-state index >= 15 is 0 Å². The fourth-order valence-corrected chi connectivity index (χ4v) is 2.13. The fourth-order valence-electron chi connectivity index (χ4n) is 2.13. The van der Waals surface area contributed by atoms with Gasteiger partial charge in [0.2, 0.25) is 0 Å². The topological polar surface area (TPSA) is 91.1 Å². The van der Waals surface area contributed by atoms with Crippen LogP contribution in [0.5, 0.6) is 0 Å². The maximum absolute atomic E-state index is 9.25. The van der Waals surface area contributed by atoms with E-state index in [1.807, 2.05) is 4.90 Å². The number of nitriles is 1. The van der Waals surface area contributed by atoms with E-state index in [4.69, 9.17) is 11.0 Å². The van der Waals surface area contributed by atoms with Crippen LogP contribution in [0, 0.1) is 11.3 Å². The Bertz CT molecular complexity index is 433. The van der Waals surface area contributed by atoms with Crippen molar-refractivity contribution in [3.05, 3.63) is 5.56 Å². The first kappa shape index (κ1) is 10.8. The Hall–Kier alpha value is -1.74.